The standard InChI is InChI=1S/C19H32O2/c1-8-19(7,21-18(20)16(4)5)14-10-13-17(6)12-9-11-15(2)3/h8,11,13,16H,1,9-10,12,14H2,2-7H3/b17-13-. The topological polar surface area (TPSA) is 26.3 Å². The zero-order valence-electron chi connectivity index (χ0n) is 14.7. The summed E-state index contributed by atoms with van der Waals surface area (Å²) in [5, 5.41) is 0. The number of ether oxygens (including phenoxy) is 1. The Bertz CT molecular complexity index is 398. The van der Waals surface area contributed by atoms with Crippen molar-refractivity contribution in [2.45, 2.75) is 72.8 Å². The first kappa shape index (κ1) is 19.7. The summed E-state index contributed by atoms with van der Waals surface area (Å²) in [5.41, 5.74) is 2.18. The SMILES string of the molecule is C=CC(C)(CC/C=C(/C)CCC=C(C)C)OC(=O)C(C)C. The molecule has 0 aliphatic carbocycles. The third-order valence-corrected chi connectivity index (χ3v) is 3.46. The monoisotopic (exact) mass is 292 g/mol. The van der Waals surface area contributed by atoms with Crippen LogP contribution in [0.4, 0.5) is 0 Å². The van der Waals surface area contributed by atoms with Gasteiger partial charge < -0.3 is 4.74 Å². The fourth-order valence-corrected chi connectivity index (χ4v) is 1.84. The van der Waals surface area contributed by atoms with Crippen LogP contribution in [0.3, 0.4) is 0 Å². The molecule has 0 N–H and O–H groups in total. The molecule has 0 amide bonds. The molecule has 1 unspecified atom stereocenters. The van der Waals surface area contributed by atoms with Crippen LogP contribution < -0.4 is 0 Å². The van der Waals surface area contributed by atoms with Crippen molar-refractivity contribution in [2.24, 2.45) is 5.92 Å². The summed E-state index contributed by atoms with van der Waals surface area (Å²) in [7, 11) is 0. The van der Waals surface area contributed by atoms with E-state index in [0.717, 1.165) is 25.7 Å². The summed E-state index contributed by atoms with van der Waals surface area (Å²) in [6, 6.07) is 0. The molecule has 21 heavy (non-hydrogen) atoms. The fraction of sp³-hybridized carbons (Fsp3) is 0.632. The molecule has 0 rings (SSSR count). The zero-order chi connectivity index (χ0) is 16.5. The normalized spacial score (nSPS) is 14.5. The van der Waals surface area contributed by atoms with Crippen molar-refractivity contribution in [1.82, 2.24) is 0 Å². The highest BCUT2D eigenvalue weighted by Gasteiger charge is 2.25. The van der Waals surface area contributed by atoms with Gasteiger partial charge in [0.25, 0.3) is 0 Å². The second-order valence-electron chi connectivity index (χ2n) is 6.50. The molecule has 0 saturated heterocycles. The largest absolute Gasteiger partial charge is 0.455 e. The Balaban J connectivity index is 4.35. The third-order valence-electron chi connectivity index (χ3n) is 3.46. The van der Waals surface area contributed by atoms with Gasteiger partial charge in [-0.05, 0) is 59.5 Å². The van der Waals surface area contributed by atoms with Gasteiger partial charge in [0.15, 0.2) is 0 Å². The van der Waals surface area contributed by atoms with E-state index < -0.39 is 5.60 Å². The number of carbonyl (C=O) groups is 1. The van der Waals surface area contributed by atoms with Crippen LogP contribution in [0.15, 0.2) is 36.0 Å². The molecule has 2 nitrogen and oxygen atoms in total. The average Bonchev–Trinajstić information content (AvgIpc) is 2.38. The molecule has 1 atom stereocenters. The van der Waals surface area contributed by atoms with E-state index in [1.54, 1.807) is 6.08 Å². The van der Waals surface area contributed by atoms with Gasteiger partial charge in [-0.15, -0.1) is 0 Å². The minimum absolute atomic E-state index is 0.106. The summed E-state index contributed by atoms with van der Waals surface area (Å²) in [5.74, 6) is -0.271. The van der Waals surface area contributed by atoms with E-state index in [2.05, 4.69) is 39.5 Å². The van der Waals surface area contributed by atoms with E-state index in [9.17, 15) is 4.79 Å². The van der Waals surface area contributed by atoms with Gasteiger partial charge in [-0.2, -0.15) is 0 Å². The lowest BCUT2D eigenvalue weighted by atomic mass is 9.98. The first-order chi connectivity index (χ1) is 9.70. The number of rotatable bonds is 9. The molecule has 0 aromatic rings. The van der Waals surface area contributed by atoms with Gasteiger partial charge in [0.05, 0.1) is 5.92 Å². The molecule has 0 aliphatic heterocycles. The number of allylic oxidation sites excluding steroid dienone is 4. The molecule has 0 fully saturated rings. The van der Waals surface area contributed by atoms with Crippen molar-refractivity contribution in [3.8, 4) is 0 Å². The quantitative estimate of drug-likeness (QED) is 0.408. The maximum Gasteiger partial charge on any atom is 0.309 e. The minimum atomic E-state index is -0.571. The van der Waals surface area contributed by atoms with E-state index in [1.807, 2.05) is 20.8 Å². The van der Waals surface area contributed by atoms with Crippen LogP contribution in [0.1, 0.15) is 67.2 Å². The van der Waals surface area contributed by atoms with Gasteiger partial charge in [0.2, 0.25) is 0 Å². The van der Waals surface area contributed by atoms with Gasteiger partial charge in [0, 0.05) is 0 Å². The molecule has 0 heterocycles. The van der Waals surface area contributed by atoms with Crippen LogP contribution >= 0.6 is 0 Å². The third kappa shape index (κ3) is 9.28. The molecule has 0 spiro atoms. The van der Waals surface area contributed by atoms with E-state index in [1.165, 1.54) is 11.1 Å². The van der Waals surface area contributed by atoms with Crippen molar-refractivity contribution < 1.29 is 9.53 Å². The van der Waals surface area contributed by atoms with Gasteiger partial charge in [-0.25, -0.2) is 0 Å². The first-order valence-corrected chi connectivity index (χ1v) is 7.85. The smallest absolute Gasteiger partial charge is 0.309 e. The number of esters is 1. The molecule has 120 valence electrons. The molecule has 0 aliphatic rings. The summed E-state index contributed by atoms with van der Waals surface area (Å²) < 4.78 is 5.55. The van der Waals surface area contributed by atoms with E-state index in [0.29, 0.717) is 0 Å². The molecule has 0 bridgehead atoms. The molecule has 0 aromatic carbocycles. The van der Waals surface area contributed by atoms with Crippen molar-refractivity contribution in [2.75, 3.05) is 0 Å². The lowest BCUT2D eigenvalue weighted by Gasteiger charge is -2.26. The highest BCUT2D eigenvalue weighted by Crippen LogP contribution is 2.22. The van der Waals surface area contributed by atoms with Crippen LogP contribution in [0.2, 0.25) is 0 Å². The van der Waals surface area contributed by atoms with Gasteiger partial charge >= 0.3 is 5.97 Å². The van der Waals surface area contributed by atoms with Crippen LogP contribution in [0, 0.1) is 5.92 Å². The van der Waals surface area contributed by atoms with Crippen molar-refractivity contribution >= 4 is 5.97 Å². The molecule has 2 heteroatoms. The van der Waals surface area contributed by atoms with E-state index in [-0.39, 0.29) is 11.9 Å². The van der Waals surface area contributed by atoms with E-state index in [4.69, 9.17) is 4.74 Å². The Hall–Kier alpha value is -1.31. The summed E-state index contributed by atoms with van der Waals surface area (Å²) >= 11 is 0. The molecular formula is C19H32O2. The second kappa shape index (κ2) is 9.59. The average molecular weight is 292 g/mol. The number of hydrogen-bond donors (Lipinski definition) is 0. The molecule has 0 aromatic heterocycles. The van der Waals surface area contributed by atoms with Crippen molar-refractivity contribution in [1.29, 1.82) is 0 Å². The first-order valence-electron chi connectivity index (χ1n) is 7.85. The second-order valence-corrected chi connectivity index (χ2v) is 6.50. The number of carbonyl (C=O) groups excluding carboxylic acids is 1. The summed E-state index contributed by atoms with van der Waals surface area (Å²) in [6.45, 7) is 15.8. The van der Waals surface area contributed by atoms with Gasteiger partial charge in [-0.1, -0.05) is 43.7 Å². The lowest BCUT2D eigenvalue weighted by Crippen LogP contribution is -2.31. The van der Waals surface area contributed by atoms with E-state index >= 15 is 0 Å². The van der Waals surface area contributed by atoms with Crippen LogP contribution in [0.25, 0.3) is 0 Å². The Labute approximate surface area is 131 Å². The highest BCUT2D eigenvalue weighted by atomic mass is 16.6. The fourth-order valence-electron chi connectivity index (χ4n) is 1.84. The van der Waals surface area contributed by atoms with Crippen LogP contribution in [-0.2, 0) is 9.53 Å². The van der Waals surface area contributed by atoms with Crippen LogP contribution in [-0.4, -0.2) is 11.6 Å². The summed E-state index contributed by atoms with van der Waals surface area (Å²) in [6.07, 6.45) is 10.1. The lowest BCUT2D eigenvalue weighted by molar-refractivity contribution is -0.158. The Kier molecular flexibility index (Phi) is 9.00. The van der Waals surface area contributed by atoms with Crippen molar-refractivity contribution in [3.63, 3.8) is 0 Å². The predicted molar refractivity (Wildman–Crippen MR) is 91.2 cm³/mol. The van der Waals surface area contributed by atoms with Crippen molar-refractivity contribution in [3.05, 3.63) is 36.0 Å². The summed E-state index contributed by atoms with van der Waals surface area (Å²) in [4.78, 5) is 11.7. The maximum atomic E-state index is 11.7. The zero-order valence-corrected chi connectivity index (χ0v) is 14.7. The predicted octanol–water partition coefficient (Wildman–Crippen LogP) is 5.60. The van der Waals surface area contributed by atoms with Gasteiger partial charge in [0.1, 0.15) is 5.60 Å². The van der Waals surface area contributed by atoms with Crippen LogP contribution in [0.5, 0.6) is 0 Å². The Morgan fingerprint density at radius 2 is 1.81 bits per heavy atom. The number of hydrogen-bond acceptors (Lipinski definition) is 2. The molecule has 0 radical (unpaired) electrons. The Morgan fingerprint density at radius 3 is 2.29 bits per heavy atom. The molecule has 0 saturated carbocycles. The minimum Gasteiger partial charge on any atom is -0.455 e. The Morgan fingerprint density at radius 1 is 1.19 bits per heavy atom. The maximum absolute atomic E-state index is 11.7. The van der Waals surface area contributed by atoms with Gasteiger partial charge in [-0.3, -0.25) is 4.79 Å². The molecular weight excluding hydrogens is 260 g/mol. The highest BCUT2D eigenvalue weighted by molar-refractivity contribution is 5.72.